The van der Waals surface area contributed by atoms with E-state index in [1.807, 2.05) is 12.1 Å². The van der Waals surface area contributed by atoms with Crippen LogP contribution in [0.2, 0.25) is 0 Å². The lowest BCUT2D eigenvalue weighted by Gasteiger charge is -2.08. The van der Waals surface area contributed by atoms with E-state index in [2.05, 4.69) is 21.2 Å². The van der Waals surface area contributed by atoms with Crippen molar-refractivity contribution in [3.05, 3.63) is 64.1 Å². The van der Waals surface area contributed by atoms with Gasteiger partial charge in [0.1, 0.15) is 0 Å². The third-order valence-corrected chi connectivity index (χ3v) is 3.23. The van der Waals surface area contributed by atoms with Crippen molar-refractivity contribution in [1.29, 1.82) is 0 Å². The standard InChI is InChI=1S/C15H14BrNO2/c1-10(18)11-5-7-14(8-6-11)17-15(19)12-3-2-4-13(16)9-12/h2-10,18H,1H3,(H,17,19)/t10-/m0/s1. The molecule has 2 aromatic rings. The Morgan fingerprint density at radius 1 is 1.21 bits per heavy atom. The summed E-state index contributed by atoms with van der Waals surface area (Å²) in [6.45, 7) is 1.70. The highest BCUT2D eigenvalue weighted by Crippen LogP contribution is 2.17. The predicted octanol–water partition coefficient (Wildman–Crippen LogP) is 3.75. The van der Waals surface area contributed by atoms with E-state index in [0.717, 1.165) is 10.0 Å². The van der Waals surface area contributed by atoms with Gasteiger partial charge < -0.3 is 10.4 Å². The van der Waals surface area contributed by atoms with E-state index in [1.165, 1.54) is 0 Å². The number of carbonyl (C=O) groups is 1. The Bertz CT molecular complexity index is 579. The summed E-state index contributed by atoms with van der Waals surface area (Å²) in [5.74, 6) is -0.161. The number of anilines is 1. The molecule has 19 heavy (non-hydrogen) atoms. The summed E-state index contributed by atoms with van der Waals surface area (Å²) in [7, 11) is 0. The SMILES string of the molecule is C[C@H](O)c1ccc(NC(=O)c2cccc(Br)c2)cc1. The Balaban J connectivity index is 2.10. The number of halogens is 1. The van der Waals surface area contributed by atoms with Gasteiger partial charge in [0.25, 0.3) is 5.91 Å². The Kier molecular flexibility index (Phi) is 4.35. The minimum absolute atomic E-state index is 0.161. The number of hydrogen-bond acceptors (Lipinski definition) is 2. The molecular formula is C15H14BrNO2. The topological polar surface area (TPSA) is 49.3 Å². The molecular weight excluding hydrogens is 306 g/mol. The first kappa shape index (κ1) is 13.8. The molecule has 1 amide bonds. The summed E-state index contributed by atoms with van der Waals surface area (Å²) in [6.07, 6.45) is -0.505. The van der Waals surface area contributed by atoms with Crippen LogP contribution >= 0.6 is 15.9 Å². The first-order chi connectivity index (χ1) is 9.06. The fraction of sp³-hybridized carbons (Fsp3) is 0.133. The summed E-state index contributed by atoms with van der Waals surface area (Å²) >= 11 is 3.33. The molecule has 0 fully saturated rings. The molecule has 2 rings (SSSR count). The summed E-state index contributed by atoms with van der Waals surface area (Å²) in [4.78, 5) is 12.0. The number of amides is 1. The van der Waals surface area contributed by atoms with Crippen molar-refractivity contribution in [2.45, 2.75) is 13.0 Å². The molecule has 0 heterocycles. The van der Waals surface area contributed by atoms with Crippen LogP contribution in [0.3, 0.4) is 0 Å². The smallest absolute Gasteiger partial charge is 0.255 e. The monoisotopic (exact) mass is 319 g/mol. The number of benzene rings is 2. The Morgan fingerprint density at radius 3 is 2.47 bits per heavy atom. The molecule has 0 bridgehead atoms. The van der Waals surface area contributed by atoms with Gasteiger partial charge in [-0.15, -0.1) is 0 Å². The van der Waals surface area contributed by atoms with Gasteiger partial charge in [-0.1, -0.05) is 34.1 Å². The predicted molar refractivity (Wildman–Crippen MR) is 79.2 cm³/mol. The van der Waals surface area contributed by atoms with Gasteiger partial charge in [0.05, 0.1) is 6.10 Å². The summed E-state index contributed by atoms with van der Waals surface area (Å²) in [5.41, 5.74) is 2.11. The minimum Gasteiger partial charge on any atom is -0.389 e. The normalized spacial score (nSPS) is 11.9. The van der Waals surface area contributed by atoms with Crippen LogP contribution in [0.4, 0.5) is 5.69 Å². The number of hydrogen-bond donors (Lipinski definition) is 2. The average Bonchev–Trinajstić information content (AvgIpc) is 2.39. The molecule has 0 aliphatic heterocycles. The lowest BCUT2D eigenvalue weighted by atomic mass is 10.1. The van der Waals surface area contributed by atoms with Gasteiger partial charge in [-0.3, -0.25) is 4.79 Å². The maximum Gasteiger partial charge on any atom is 0.255 e. The number of aliphatic hydroxyl groups excluding tert-OH is 1. The average molecular weight is 320 g/mol. The molecule has 0 aliphatic carbocycles. The van der Waals surface area contributed by atoms with E-state index in [-0.39, 0.29) is 5.91 Å². The minimum atomic E-state index is -0.505. The molecule has 0 aromatic heterocycles. The van der Waals surface area contributed by atoms with Crippen LogP contribution in [0, 0.1) is 0 Å². The second-order valence-electron chi connectivity index (χ2n) is 4.26. The highest BCUT2D eigenvalue weighted by molar-refractivity contribution is 9.10. The summed E-state index contributed by atoms with van der Waals surface area (Å²) < 4.78 is 0.865. The van der Waals surface area contributed by atoms with Crippen LogP contribution in [-0.2, 0) is 0 Å². The molecule has 2 N–H and O–H groups in total. The highest BCUT2D eigenvalue weighted by atomic mass is 79.9. The van der Waals surface area contributed by atoms with E-state index in [9.17, 15) is 9.90 Å². The Morgan fingerprint density at radius 2 is 1.89 bits per heavy atom. The van der Waals surface area contributed by atoms with Crippen molar-refractivity contribution in [2.24, 2.45) is 0 Å². The van der Waals surface area contributed by atoms with Crippen molar-refractivity contribution >= 4 is 27.5 Å². The molecule has 0 radical (unpaired) electrons. The first-order valence-electron chi connectivity index (χ1n) is 5.91. The van der Waals surface area contributed by atoms with Crippen molar-refractivity contribution in [3.63, 3.8) is 0 Å². The van der Waals surface area contributed by atoms with E-state index >= 15 is 0 Å². The van der Waals surface area contributed by atoms with Crippen LogP contribution in [0.25, 0.3) is 0 Å². The maximum absolute atomic E-state index is 12.0. The van der Waals surface area contributed by atoms with Gasteiger partial charge in [-0.05, 0) is 42.8 Å². The second kappa shape index (κ2) is 5.99. The molecule has 4 heteroatoms. The zero-order valence-electron chi connectivity index (χ0n) is 10.4. The summed E-state index contributed by atoms with van der Waals surface area (Å²) in [5, 5.41) is 12.2. The molecule has 2 aromatic carbocycles. The summed E-state index contributed by atoms with van der Waals surface area (Å²) in [6, 6.07) is 14.3. The van der Waals surface area contributed by atoms with E-state index in [0.29, 0.717) is 11.3 Å². The largest absolute Gasteiger partial charge is 0.389 e. The molecule has 98 valence electrons. The number of carbonyl (C=O) groups excluding carboxylic acids is 1. The van der Waals surface area contributed by atoms with Crippen molar-refractivity contribution in [3.8, 4) is 0 Å². The molecule has 1 atom stereocenters. The third-order valence-electron chi connectivity index (χ3n) is 2.74. The third kappa shape index (κ3) is 3.66. The van der Waals surface area contributed by atoms with Gasteiger partial charge in [-0.2, -0.15) is 0 Å². The van der Waals surface area contributed by atoms with Gasteiger partial charge in [0.15, 0.2) is 0 Å². The van der Waals surface area contributed by atoms with Gasteiger partial charge in [-0.25, -0.2) is 0 Å². The Hall–Kier alpha value is -1.65. The quantitative estimate of drug-likeness (QED) is 0.905. The highest BCUT2D eigenvalue weighted by Gasteiger charge is 2.07. The van der Waals surface area contributed by atoms with E-state index in [1.54, 1.807) is 43.3 Å². The molecule has 3 nitrogen and oxygen atoms in total. The van der Waals surface area contributed by atoms with Crippen LogP contribution in [0.1, 0.15) is 28.9 Å². The van der Waals surface area contributed by atoms with Crippen molar-refractivity contribution < 1.29 is 9.90 Å². The fourth-order valence-electron chi connectivity index (χ4n) is 1.68. The lowest BCUT2D eigenvalue weighted by Crippen LogP contribution is -2.11. The zero-order valence-corrected chi connectivity index (χ0v) is 12.0. The molecule has 0 unspecified atom stereocenters. The molecule has 0 aliphatic rings. The van der Waals surface area contributed by atoms with Crippen LogP contribution in [-0.4, -0.2) is 11.0 Å². The maximum atomic E-state index is 12.0. The van der Waals surface area contributed by atoms with Gasteiger partial charge in [0.2, 0.25) is 0 Å². The van der Waals surface area contributed by atoms with Crippen LogP contribution in [0.15, 0.2) is 53.0 Å². The van der Waals surface area contributed by atoms with Gasteiger partial charge >= 0.3 is 0 Å². The lowest BCUT2D eigenvalue weighted by molar-refractivity contribution is 0.102. The first-order valence-corrected chi connectivity index (χ1v) is 6.70. The second-order valence-corrected chi connectivity index (χ2v) is 5.18. The fourth-order valence-corrected chi connectivity index (χ4v) is 2.08. The zero-order chi connectivity index (χ0) is 13.8. The van der Waals surface area contributed by atoms with Gasteiger partial charge in [0, 0.05) is 15.7 Å². The van der Waals surface area contributed by atoms with E-state index in [4.69, 9.17) is 0 Å². The molecule has 0 spiro atoms. The molecule has 0 saturated heterocycles. The van der Waals surface area contributed by atoms with Crippen LogP contribution in [0.5, 0.6) is 0 Å². The number of aliphatic hydroxyl groups is 1. The molecule has 0 saturated carbocycles. The van der Waals surface area contributed by atoms with E-state index < -0.39 is 6.10 Å². The number of nitrogens with one attached hydrogen (secondary N) is 1. The van der Waals surface area contributed by atoms with Crippen molar-refractivity contribution in [2.75, 3.05) is 5.32 Å². The van der Waals surface area contributed by atoms with Crippen molar-refractivity contribution in [1.82, 2.24) is 0 Å². The van der Waals surface area contributed by atoms with Crippen LogP contribution < -0.4 is 5.32 Å². The Labute approximate surface area is 120 Å². The number of rotatable bonds is 3.